The summed E-state index contributed by atoms with van der Waals surface area (Å²) in [7, 11) is 0. The Labute approximate surface area is 104 Å². The van der Waals surface area contributed by atoms with Gasteiger partial charge in [-0.05, 0) is 23.8 Å². The number of carbonyl (C=O) groups excluding carboxylic acids is 1. The van der Waals surface area contributed by atoms with E-state index in [2.05, 4.69) is 20.7 Å². The Morgan fingerprint density at radius 3 is 2.83 bits per heavy atom. The van der Waals surface area contributed by atoms with E-state index in [-0.39, 0.29) is 11.9 Å². The van der Waals surface area contributed by atoms with Crippen molar-refractivity contribution in [3.05, 3.63) is 42.0 Å². The molecule has 0 saturated carbocycles. The van der Waals surface area contributed by atoms with Gasteiger partial charge in [-0.25, -0.2) is 0 Å². The normalized spacial score (nSPS) is 10.7. The summed E-state index contributed by atoms with van der Waals surface area (Å²) in [6, 6.07) is 9.56. The maximum atomic E-state index is 11.6. The maximum Gasteiger partial charge on any atom is 0.270 e. The summed E-state index contributed by atoms with van der Waals surface area (Å²) in [6.45, 7) is 2.51. The number of carbonyl (C=O) groups is 1. The number of hydrogen-bond donors (Lipinski definition) is 1. The lowest BCUT2D eigenvalue weighted by Gasteiger charge is -1.94. The zero-order valence-corrected chi connectivity index (χ0v) is 9.95. The van der Waals surface area contributed by atoms with Gasteiger partial charge in [-0.2, -0.15) is 4.80 Å². The van der Waals surface area contributed by atoms with Crippen molar-refractivity contribution >= 4 is 17.9 Å². The Morgan fingerprint density at radius 2 is 2.17 bits per heavy atom. The number of aryl methyl sites for hydroxylation is 1. The number of hydrogen-bond acceptors (Lipinski definition) is 4. The molecule has 0 atom stereocenters. The van der Waals surface area contributed by atoms with E-state index in [1.54, 1.807) is 6.08 Å². The van der Waals surface area contributed by atoms with E-state index >= 15 is 0 Å². The van der Waals surface area contributed by atoms with Crippen LogP contribution in [0.2, 0.25) is 0 Å². The number of amides is 1. The number of benzene rings is 1. The van der Waals surface area contributed by atoms with Crippen molar-refractivity contribution in [3.8, 4) is 0 Å². The van der Waals surface area contributed by atoms with Crippen molar-refractivity contribution in [2.45, 2.75) is 13.5 Å². The fourth-order valence-corrected chi connectivity index (χ4v) is 1.32. The van der Waals surface area contributed by atoms with Gasteiger partial charge in [0.15, 0.2) is 0 Å². The number of nitrogens with one attached hydrogen (secondary N) is 1. The van der Waals surface area contributed by atoms with E-state index in [1.807, 2.05) is 37.3 Å². The Bertz CT molecular complexity index is 547. The molecule has 1 N–H and O–H groups in total. The van der Waals surface area contributed by atoms with Crippen LogP contribution < -0.4 is 5.32 Å². The van der Waals surface area contributed by atoms with Crippen LogP contribution in [0.5, 0.6) is 0 Å². The number of tetrazole rings is 1. The van der Waals surface area contributed by atoms with Gasteiger partial charge in [0.2, 0.25) is 0 Å². The highest BCUT2D eigenvalue weighted by atomic mass is 16.1. The first-order valence-corrected chi connectivity index (χ1v) is 5.60. The largest absolute Gasteiger partial charge is 0.288 e. The molecule has 6 heteroatoms. The van der Waals surface area contributed by atoms with Gasteiger partial charge in [0.25, 0.3) is 11.9 Å². The predicted molar refractivity (Wildman–Crippen MR) is 67.6 cm³/mol. The van der Waals surface area contributed by atoms with Crippen LogP contribution in [0.1, 0.15) is 12.5 Å². The van der Waals surface area contributed by atoms with Gasteiger partial charge in [-0.3, -0.25) is 10.1 Å². The van der Waals surface area contributed by atoms with Crippen molar-refractivity contribution in [2.75, 3.05) is 5.32 Å². The fourth-order valence-electron chi connectivity index (χ4n) is 1.32. The third-order valence-electron chi connectivity index (χ3n) is 2.20. The number of rotatable bonds is 4. The molecule has 6 nitrogen and oxygen atoms in total. The lowest BCUT2D eigenvalue weighted by molar-refractivity contribution is -0.111. The third-order valence-corrected chi connectivity index (χ3v) is 2.20. The van der Waals surface area contributed by atoms with Crippen molar-refractivity contribution in [1.29, 1.82) is 0 Å². The average Bonchev–Trinajstić information content (AvgIpc) is 2.85. The molecule has 0 spiro atoms. The number of nitrogens with zero attached hydrogens (tertiary/aromatic N) is 4. The fraction of sp³-hybridized carbons (Fsp3) is 0.167. The zero-order chi connectivity index (χ0) is 12.8. The van der Waals surface area contributed by atoms with E-state index in [9.17, 15) is 4.79 Å². The molecule has 0 fully saturated rings. The second-order valence-electron chi connectivity index (χ2n) is 3.53. The minimum Gasteiger partial charge on any atom is -0.288 e. The highest BCUT2D eigenvalue weighted by molar-refractivity contribution is 6.00. The first kappa shape index (κ1) is 12.0. The average molecular weight is 243 g/mol. The third kappa shape index (κ3) is 3.24. The summed E-state index contributed by atoms with van der Waals surface area (Å²) in [5.41, 5.74) is 0.956. The highest BCUT2D eigenvalue weighted by Gasteiger charge is 2.03. The minimum absolute atomic E-state index is 0.208. The summed E-state index contributed by atoms with van der Waals surface area (Å²) in [5.74, 6) is -0.0749. The standard InChI is InChI=1S/C12H13N5O/c1-2-17-15-12(14-16-17)13-11(18)9-8-10-6-4-3-5-7-10/h3-9H,2H2,1H3,(H,13,15,18). The molecule has 92 valence electrons. The second kappa shape index (κ2) is 5.72. The van der Waals surface area contributed by atoms with Gasteiger partial charge in [-0.1, -0.05) is 35.4 Å². The number of aromatic nitrogens is 4. The monoisotopic (exact) mass is 243 g/mol. The molecule has 0 saturated heterocycles. The first-order valence-electron chi connectivity index (χ1n) is 5.60. The molecule has 1 aromatic heterocycles. The van der Waals surface area contributed by atoms with Gasteiger partial charge in [0.1, 0.15) is 0 Å². The van der Waals surface area contributed by atoms with Crippen LogP contribution in [-0.4, -0.2) is 26.1 Å². The van der Waals surface area contributed by atoms with E-state index in [4.69, 9.17) is 0 Å². The van der Waals surface area contributed by atoms with Crippen molar-refractivity contribution in [2.24, 2.45) is 0 Å². The Balaban J connectivity index is 1.94. The van der Waals surface area contributed by atoms with Gasteiger partial charge >= 0.3 is 0 Å². The second-order valence-corrected chi connectivity index (χ2v) is 3.53. The zero-order valence-electron chi connectivity index (χ0n) is 9.95. The van der Waals surface area contributed by atoms with Crippen LogP contribution in [0.3, 0.4) is 0 Å². The molecular formula is C12H13N5O. The van der Waals surface area contributed by atoms with Crippen molar-refractivity contribution in [1.82, 2.24) is 20.2 Å². The summed E-state index contributed by atoms with van der Waals surface area (Å²) in [6.07, 6.45) is 3.15. The van der Waals surface area contributed by atoms with Gasteiger partial charge in [-0.15, -0.1) is 5.10 Å². The van der Waals surface area contributed by atoms with Crippen LogP contribution in [0.25, 0.3) is 6.08 Å². The highest BCUT2D eigenvalue weighted by Crippen LogP contribution is 2.01. The van der Waals surface area contributed by atoms with Crippen LogP contribution >= 0.6 is 0 Å². The molecule has 0 aliphatic rings. The summed E-state index contributed by atoms with van der Waals surface area (Å²) < 4.78 is 0. The van der Waals surface area contributed by atoms with Crippen LogP contribution in [0, 0.1) is 0 Å². The van der Waals surface area contributed by atoms with E-state index in [0.29, 0.717) is 6.54 Å². The molecule has 1 heterocycles. The molecule has 18 heavy (non-hydrogen) atoms. The van der Waals surface area contributed by atoms with Gasteiger partial charge in [0.05, 0.1) is 6.54 Å². The van der Waals surface area contributed by atoms with E-state index in [1.165, 1.54) is 10.9 Å². The Hall–Kier alpha value is -2.50. The number of anilines is 1. The Morgan fingerprint density at radius 1 is 1.39 bits per heavy atom. The molecule has 0 unspecified atom stereocenters. The smallest absolute Gasteiger partial charge is 0.270 e. The van der Waals surface area contributed by atoms with Crippen molar-refractivity contribution < 1.29 is 4.79 Å². The van der Waals surface area contributed by atoms with Crippen LogP contribution in [0.4, 0.5) is 5.95 Å². The van der Waals surface area contributed by atoms with Crippen molar-refractivity contribution in [3.63, 3.8) is 0 Å². The predicted octanol–water partition coefficient (Wildman–Crippen LogP) is 1.34. The Kier molecular flexibility index (Phi) is 3.80. The summed E-state index contributed by atoms with van der Waals surface area (Å²) in [5, 5.41) is 13.9. The van der Waals surface area contributed by atoms with E-state index < -0.39 is 0 Å². The maximum absolute atomic E-state index is 11.6. The molecule has 0 radical (unpaired) electrons. The molecule has 1 amide bonds. The first-order chi connectivity index (χ1) is 8.78. The van der Waals surface area contributed by atoms with Crippen LogP contribution in [0.15, 0.2) is 36.4 Å². The summed E-state index contributed by atoms with van der Waals surface area (Å²) >= 11 is 0. The lowest BCUT2D eigenvalue weighted by atomic mass is 10.2. The molecule has 2 aromatic rings. The summed E-state index contributed by atoms with van der Waals surface area (Å²) in [4.78, 5) is 13.0. The van der Waals surface area contributed by atoms with Gasteiger partial charge < -0.3 is 0 Å². The molecule has 2 rings (SSSR count). The molecule has 0 bridgehead atoms. The lowest BCUT2D eigenvalue weighted by Crippen LogP contribution is -2.09. The molecule has 0 aliphatic carbocycles. The quantitative estimate of drug-likeness (QED) is 0.822. The molecule has 1 aromatic carbocycles. The molecule has 0 aliphatic heterocycles. The van der Waals surface area contributed by atoms with Gasteiger partial charge in [0, 0.05) is 6.08 Å². The molecular weight excluding hydrogens is 230 g/mol. The minimum atomic E-state index is -0.283. The SMILES string of the molecule is CCn1nnc(NC(=O)C=Cc2ccccc2)n1. The topological polar surface area (TPSA) is 72.7 Å². The van der Waals surface area contributed by atoms with Crippen LogP contribution in [-0.2, 0) is 11.3 Å². The van der Waals surface area contributed by atoms with E-state index in [0.717, 1.165) is 5.56 Å².